The number of urea groups is 1. The predicted molar refractivity (Wildman–Crippen MR) is 53.6 cm³/mol. The highest BCUT2D eigenvalue weighted by molar-refractivity contribution is 5.73. The van der Waals surface area contributed by atoms with Crippen LogP contribution in [0.5, 0.6) is 0 Å². The Balaban J connectivity index is 2.50. The van der Waals surface area contributed by atoms with E-state index in [9.17, 15) is 4.79 Å². The van der Waals surface area contributed by atoms with Gasteiger partial charge in [0.05, 0.1) is 0 Å². The van der Waals surface area contributed by atoms with E-state index in [4.69, 9.17) is 0 Å². The Labute approximate surface area is 80.7 Å². The average Bonchev–Trinajstić information content (AvgIpc) is 2.08. The summed E-state index contributed by atoms with van der Waals surface area (Å²) in [5.41, 5.74) is 0. The fourth-order valence-electron chi connectivity index (χ4n) is 1.72. The van der Waals surface area contributed by atoms with Crippen molar-refractivity contribution in [2.24, 2.45) is 11.8 Å². The van der Waals surface area contributed by atoms with Gasteiger partial charge in [-0.2, -0.15) is 0 Å². The van der Waals surface area contributed by atoms with Crippen LogP contribution in [0.25, 0.3) is 0 Å². The van der Waals surface area contributed by atoms with Crippen molar-refractivity contribution in [2.75, 3.05) is 27.2 Å². The summed E-state index contributed by atoms with van der Waals surface area (Å²) in [6, 6.07) is 0.152. The molecule has 0 saturated carbocycles. The molecule has 0 aromatic rings. The summed E-state index contributed by atoms with van der Waals surface area (Å²) in [6.45, 7) is 6.32. The maximum absolute atomic E-state index is 11.6. The van der Waals surface area contributed by atoms with E-state index in [2.05, 4.69) is 13.8 Å². The minimum atomic E-state index is 0.152. The fraction of sp³-hybridized carbons (Fsp3) is 0.900. The molecule has 0 N–H and O–H groups in total. The lowest BCUT2D eigenvalue weighted by Gasteiger charge is -2.36. The van der Waals surface area contributed by atoms with Crippen LogP contribution >= 0.6 is 0 Å². The van der Waals surface area contributed by atoms with Gasteiger partial charge in [-0.1, -0.05) is 13.8 Å². The second kappa shape index (κ2) is 3.99. The second-order valence-corrected chi connectivity index (χ2v) is 4.37. The van der Waals surface area contributed by atoms with E-state index in [1.54, 1.807) is 4.90 Å². The normalized spacial score (nSPS) is 28.8. The van der Waals surface area contributed by atoms with Crippen molar-refractivity contribution >= 4 is 6.03 Å². The van der Waals surface area contributed by atoms with E-state index in [1.165, 1.54) is 0 Å². The first-order valence-corrected chi connectivity index (χ1v) is 4.98. The molecule has 0 aromatic heterocycles. The zero-order valence-electron chi connectivity index (χ0n) is 9.08. The molecule has 1 aliphatic rings. The van der Waals surface area contributed by atoms with Crippen molar-refractivity contribution in [3.8, 4) is 0 Å². The van der Waals surface area contributed by atoms with E-state index < -0.39 is 0 Å². The van der Waals surface area contributed by atoms with Gasteiger partial charge < -0.3 is 9.80 Å². The van der Waals surface area contributed by atoms with Gasteiger partial charge in [-0.25, -0.2) is 4.79 Å². The molecule has 1 heterocycles. The minimum absolute atomic E-state index is 0.152. The molecule has 2 amide bonds. The fourth-order valence-corrected chi connectivity index (χ4v) is 1.72. The highest BCUT2D eigenvalue weighted by atomic mass is 16.2. The number of rotatable bonds is 0. The van der Waals surface area contributed by atoms with Crippen molar-refractivity contribution in [2.45, 2.75) is 20.3 Å². The number of piperidine rings is 1. The van der Waals surface area contributed by atoms with Crippen molar-refractivity contribution < 1.29 is 4.79 Å². The molecule has 0 unspecified atom stereocenters. The van der Waals surface area contributed by atoms with Gasteiger partial charge >= 0.3 is 6.03 Å². The first-order chi connectivity index (χ1) is 6.02. The third-order valence-corrected chi connectivity index (χ3v) is 2.99. The van der Waals surface area contributed by atoms with Crippen molar-refractivity contribution in [1.29, 1.82) is 0 Å². The third-order valence-electron chi connectivity index (χ3n) is 2.99. The summed E-state index contributed by atoms with van der Waals surface area (Å²) < 4.78 is 0. The van der Waals surface area contributed by atoms with Crippen LogP contribution in [0, 0.1) is 11.8 Å². The molecule has 2 atom stereocenters. The summed E-state index contributed by atoms with van der Waals surface area (Å²) >= 11 is 0. The van der Waals surface area contributed by atoms with Gasteiger partial charge in [0.2, 0.25) is 0 Å². The van der Waals surface area contributed by atoms with Gasteiger partial charge in [0, 0.05) is 27.2 Å². The van der Waals surface area contributed by atoms with Crippen molar-refractivity contribution in [3.05, 3.63) is 0 Å². The molecule has 1 rings (SSSR count). The summed E-state index contributed by atoms with van der Waals surface area (Å²) in [4.78, 5) is 15.2. The van der Waals surface area contributed by atoms with Crippen LogP contribution in [0.1, 0.15) is 20.3 Å². The van der Waals surface area contributed by atoms with Gasteiger partial charge in [-0.3, -0.25) is 0 Å². The quantitative estimate of drug-likeness (QED) is 0.561. The van der Waals surface area contributed by atoms with Crippen LogP contribution in [-0.2, 0) is 0 Å². The molecule has 3 nitrogen and oxygen atoms in total. The number of likely N-dealkylation sites (tertiary alicyclic amines) is 1. The molecule has 3 heteroatoms. The van der Waals surface area contributed by atoms with Crippen molar-refractivity contribution in [1.82, 2.24) is 9.80 Å². The molecule has 1 aliphatic heterocycles. The van der Waals surface area contributed by atoms with Crippen LogP contribution in [0.3, 0.4) is 0 Å². The van der Waals surface area contributed by atoms with Crippen LogP contribution in [-0.4, -0.2) is 43.0 Å². The summed E-state index contributed by atoms with van der Waals surface area (Å²) in [7, 11) is 3.62. The lowest BCUT2D eigenvalue weighted by atomic mass is 9.89. The molecule has 13 heavy (non-hydrogen) atoms. The summed E-state index contributed by atoms with van der Waals surface area (Å²) in [6.07, 6.45) is 1.14. The molecule has 1 saturated heterocycles. The molecule has 76 valence electrons. The molecule has 0 aromatic carbocycles. The SMILES string of the molecule is C[C@@H]1CN(C(=O)N(C)C)CC[C@@H]1C. The summed E-state index contributed by atoms with van der Waals surface area (Å²) in [5, 5.41) is 0. The number of amides is 2. The first-order valence-electron chi connectivity index (χ1n) is 4.98. The molecule has 0 aliphatic carbocycles. The van der Waals surface area contributed by atoms with Gasteiger partial charge in [-0.05, 0) is 18.3 Å². The van der Waals surface area contributed by atoms with Crippen molar-refractivity contribution in [3.63, 3.8) is 0 Å². The van der Waals surface area contributed by atoms with Gasteiger partial charge in [0.25, 0.3) is 0 Å². The maximum Gasteiger partial charge on any atom is 0.319 e. The minimum Gasteiger partial charge on any atom is -0.331 e. The lowest BCUT2D eigenvalue weighted by molar-refractivity contribution is 0.126. The van der Waals surface area contributed by atoms with E-state index >= 15 is 0 Å². The largest absolute Gasteiger partial charge is 0.331 e. The monoisotopic (exact) mass is 184 g/mol. The van der Waals surface area contributed by atoms with E-state index in [0.717, 1.165) is 25.4 Å². The zero-order chi connectivity index (χ0) is 10.0. The smallest absolute Gasteiger partial charge is 0.319 e. The Kier molecular flexibility index (Phi) is 3.17. The van der Waals surface area contributed by atoms with Crippen LogP contribution in [0.15, 0.2) is 0 Å². The lowest BCUT2D eigenvalue weighted by Crippen LogP contribution is -2.46. The molecular weight excluding hydrogens is 164 g/mol. The van der Waals surface area contributed by atoms with E-state index in [1.807, 2.05) is 19.0 Å². The summed E-state index contributed by atoms with van der Waals surface area (Å²) in [5.74, 6) is 1.39. The van der Waals surface area contributed by atoms with E-state index in [-0.39, 0.29) is 6.03 Å². The zero-order valence-corrected chi connectivity index (χ0v) is 9.08. The first kappa shape index (κ1) is 10.4. The van der Waals surface area contributed by atoms with Crippen LogP contribution in [0.2, 0.25) is 0 Å². The topological polar surface area (TPSA) is 23.6 Å². The molecule has 0 spiro atoms. The Morgan fingerprint density at radius 2 is 1.92 bits per heavy atom. The molecule has 1 fully saturated rings. The van der Waals surface area contributed by atoms with E-state index in [0.29, 0.717) is 5.92 Å². The average molecular weight is 184 g/mol. The van der Waals surface area contributed by atoms with Crippen LogP contribution in [0.4, 0.5) is 4.79 Å². The number of hydrogen-bond acceptors (Lipinski definition) is 1. The Hall–Kier alpha value is -0.730. The molecular formula is C10H20N2O. The highest BCUT2D eigenvalue weighted by Gasteiger charge is 2.26. The molecule has 0 bridgehead atoms. The number of carbonyl (C=O) groups is 1. The third kappa shape index (κ3) is 2.36. The Morgan fingerprint density at radius 1 is 1.31 bits per heavy atom. The molecule has 0 radical (unpaired) electrons. The van der Waals surface area contributed by atoms with Crippen LogP contribution < -0.4 is 0 Å². The van der Waals surface area contributed by atoms with Gasteiger partial charge in [-0.15, -0.1) is 0 Å². The highest BCUT2D eigenvalue weighted by Crippen LogP contribution is 2.22. The standard InChI is InChI=1S/C10H20N2O/c1-8-5-6-12(7-9(8)2)10(13)11(3)4/h8-9H,5-7H2,1-4H3/t8-,9+/m0/s1. The Bertz CT molecular complexity index is 191. The Morgan fingerprint density at radius 3 is 2.38 bits per heavy atom. The predicted octanol–water partition coefficient (Wildman–Crippen LogP) is 1.65. The van der Waals surface area contributed by atoms with Gasteiger partial charge in [0.1, 0.15) is 0 Å². The number of carbonyl (C=O) groups excluding carboxylic acids is 1. The maximum atomic E-state index is 11.6. The van der Waals surface area contributed by atoms with Gasteiger partial charge in [0.15, 0.2) is 0 Å². The number of hydrogen-bond donors (Lipinski definition) is 0. The number of nitrogens with zero attached hydrogens (tertiary/aromatic N) is 2. The second-order valence-electron chi connectivity index (χ2n) is 4.37.